The highest BCUT2D eigenvalue weighted by molar-refractivity contribution is 5.96. The minimum Gasteiger partial charge on any atom is -0.508 e. The molecule has 0 atom stereocenters. The number of benzene rings is 1. The Balaban J connectivity index is 2.92. The van der Waals surface area contributed by atoms with Crippen LogP contribution in [0.5, 0.6) is 5.75 Å². The third-order valence-electron chi connectivity index (χ3n) is 1.99. The molecule has 17 heavy (non-hydrogen) atoms. The number of terminal acetylenes is 1. The number of carboxylic acid groups (broad SMARTS) is 1. The van der Waals surface area contributed by atoms with Crippen LogP contribution in [0.1, 0.15) is 10.4 Å². The number of amides is 1. The SMILES string of the molecule is C#CCN(CC(=O)O)C(=O)c1cccc(O)c1. The highest BCUT2D eigenvalue weighted by Gasteiger charge is 2.17. The molecule has 88 valence electrons. The Morgan fingerprint density at radius 1 is 1.41 bits per heavy atom. The number of carbonyl (C=O) groups excluding carboxylic acids is 1. The van der Waals surface area contributed by atoms with Crippen molar-refractivity contribution in [1.29, 1.82) is 0 Å². The molecule has 5 nitrogen and oxygen atoms in total. The molecule has 1 amide bonds. The molecule has 0 bridgehead atoms. The van der Waals surface area contributed by atoms with E-state index in [4.69, 9.17) is 11.5 Å². The number of phenolic OH excluding ortho intramolecular Hbond substituents is 1. The zero-order valence-electron chi connectivity index (χ0n) is 8.96. The molecule has 0 saturated heterocycles. The van der Waals surface area contributed by atoms with E-state index in [0.717, 1.165) is 4.90 Å². The van der Waals surface area contributed by atoms with E-state index in [1.165, 1.54) is 24.3 Å². The number of carbonyl (C=O) groups is 2. The second-order valence-corrected chi connectivity index (χ2v) is 3.31. The summed E-state index contributed by atoms with van der Waals surface area (Å²) in [4.78, 5) is 23.5. The van der Waals surface area contributed by atoms with E-state index in [1.807, 2.05) is 0 Å². The molecule has 0 spiro atoms. The van der Waals surface area contributed by atoms with Crippen molar-refractivity contribution in [2.45, 2.75) is 0 Å². The van der Waals surface area contributed by atoms with E-state index >= 15 is 0 Å². The quantitative estimate of drug-likeness (QED) is 0.744. The Kier molecular flexibility index (Phi) is 4.12. The van der Waals surface area contributed by atoms with Crippen LogP contribution in [0.3, 0.4) is 0 Å². The van der Waals surface area contributed by atoms with Gasteiger partial charge >= 0.3 is 5.97 Å². The number of hydrogen-bond donors (Lipinski definition) is 2. The third-order valence-corrected chi connectivity index (χ3v) is 1.99. The zero-order chi connectivity index (χ0) is 12.8. The van der Waals surface area contributed by atoms with Crippen molar-refractivity contribution in [1.82, 2.24) is 4.90 Å². The smallest absolute Gasteiger partial charge is 0.323 e. The standard InChI is InChI=1S/C12H11NO4/c1-2-6-13(8-11(15)16)12(17)9-4-3-5-10(14)7-9/h1,3-5,7,14H,6,8H2,(H,15,16). The molecule has 0 radical (unpaired) electrons. The van der Waals surface area contributed by atoms with E-state index in [2.05, 4.69) is 5.92 Å². The van der Waals surface area contributed by atoms with Gasteiger partial charge in [0.1, 0.15) is 12.3 Å². The van der Waals surface area contributed by atoms with Gasteiger partial charge in [-0.25, -0.2) is 0 Å². The molecule has 0 aromatic heterocycles. The number of nitrogens with zero attached hydrogens (tertiary/aromatic N) is 1. The summed E-state index contributed by atoms with van der Waals surface area (Å²) in [7, 11) is 0. The third kappa shape index (κ3) is 3.54. The average molecular weight is 233 g/mol. The predicted molar refractivity (Wildman–Crippen MR) is 60.5 cm³/mol. The van der Waals surface area contributed by atoms with Gasteiger partial charge in [-0.3, -0.25) is 9.59 Å². The number of phenols is 1. The summed E-state index contributed by atoms with van der Waals surface area (Å²) in [6.45, 7) is -0.570. The molecule has 2 N–H and O–H groups in total. The summed E-state index contributed by atoms with van der Waals surface area (Å²) in [5.74, 6) is 0.483. The summed E-state index contributed by atoms with van der Waals surface area (Å²) < 4.78 is 0. The summed E-state index contributed by atoms with van der Waals surface area (Å²) >= 11 is 0. The first-order valence-corrected chi connectivity index (χ1v) is 4.78. The summed E-state index contributed by atoms with van der Waals surface area (Å²) in [6, 6.07) is 5.65. The maximum absolute atomic E-state index is 11.9. The number of aromatic hydroxyl groups is 1. The van der Waals surface area contributed by atoms with Gasteiger partial charge in [-0.05, 0) is 18.2 Å². The lowest BCUT2D eigenvalue weighted by molar-refractivity contribution is -0.137. The molecular weight excluding hydrogens is 222 g/mol. The van der Waals surface area contributed by atoms with Gasteiger partial charge in [-0.15, -0.1) is 6.42 Å². The Labute approximate surface area is 98.3 Å². The Hall–Kier alpha value is -2.48. The second kappa shape index (κ2) is 5.56. The van der Waals surface area contributed by atoms with Crippen LogP contribution in [0.2, 0.25) is 0 Å². The van der Waals surface area contributed by atoms with E-state index in [1.54, 1.807) is 0 Å². The molecule has 1 rings (SSSR count). The Bertz CT molecular complexity index is 476. The van der Waals surface area contributed by atoms with Crippen LogP contribution in [-0.4, -0.2) is 40.1 Å². The zero-order valence-corrected chi connectivity index (χ0v) is 8.96. The molecule has 0 aliphatic rings. The highest BCUT2D eigenvalue weighted by atomic mass is 16.4. The van der Waals surface area contributed by atoms with Crippen LogP contribution < -0.4 is 0 Å². The number of carboxylic acids is 1. The highest BCUT2D eigenvalue weighted by Crippen LogP contribution is 2.12. The molecule has 0 aliphatic heterocycles. The summed E-state index contributed by atoms with van der Waals surface area (Å²) in [6.07, 6.45) is 5.06. The minimum atomic E-state index is -1.14. The second-order valence-electron chi connectivity index (χ2n) is 3.31. The van der Waals surface area contributed by atoms with Crippen LogP contribution >= 0.6 is 0 Å². The first kappa shape index (κ1) is 12.6. The van der Waals surface area contributed by atoms with Crippen molar-refractivity contribution in [3.63, 3.8) is 0 Å². The fourth-order valence-corrected chi connectivity index (χ4v) is 1.29. The lowest BCUT2D eigenvalue weighted by Gasteiger charge is -2.17. The molecule has 0 aliphatic carbocycles. The fourth-order valence-electron chi connectivity index (χ4n) is 1.29. The van der Waals surface area contributed by atoms with Gasteiger partial charge in [-0.2, -0.15) is 0 Å². The maximum Gasteiger partial charge on any atom is 0.323 e. The molecule has 0 heterocycles. The van der Waals surface area contributed by atoms with Gasteiger partial charge in [0.05, 0.1) is 6.54 Å². The van der Waals surface area contributed by atoms with Crippen LogP contribution in [0.15, 0.2) is 24.3 Å². The largest absolute Gasteiger partial charge is 0.508 e. The molecule has 0 fully saturated rings. The van der Waals surface area contributed by atoms with Gasteiger partial charge in [0.2, 0.25) is 0 Å². The molecule has 0 saturated carbocycles. The monoisotopic (exact) mass is 233 g/mol. The van der Waals surface area contributed by atoms with Crippen molar-refractivity contribution in [3.05, 3.63) is 29.8 Å². The van der Waals surface area contributed by atoms with Crippen LogP contribution in [0, 0.1) is 12.3 Å². The number of hydrogen-bond acceptors (Lipinski definition) is 3. The Morgan fingerprint density at radius 2 is 2.12 bits per heavy atom. The van der Waals surface area contributed by atoms with Gasteiger partial charge < -0.3 is 15.1 Å². The van der Waals surface area contributed by atoms with Gasteiger partial charge in [0.15, 0.2) is 0 Å². The molecular formula is C12H11NO4. The van der Waals surface area contributed by atoms with Crippen molar-refractivity contribution in [2.24, 2.45) is 0 Å². The average Bonchev–Trinajstić information content (AvgIpc) is 2.27. The van der Waals surface area contributed by atoms with Crippen LogP contribution in [0.25, 0.3) is 0 Å². The van der Waals surface area contributed by atoms with E-state index in [-0.39, 0.29) is 17.9 Å². The molecule has 1 aromatic carbocycles. The van der Waals surface area contributed by atoms with E-state index in [0.29, 0.717) is 0 Å². The molecule has 0 unspecified atom stereocenters. The summed E-state index contributed by atoms with van der Waals surface area (Å²) in [5.41, 5.74) is 0.196. The topological polar surface area (TPSA) is 77.8 Å². The van der Waals surface area contributed by atoms with Crippen molar-refractivity contribution < 1.29 is 19.8 Å². The van der Waals surface area contributed by atoms with Gasteiger partial charge in [0.25, 0.3) is 5.91 Å². The van der Waals surface area contributed by atoms with E-state index < -0.39 is 18.4 Å². The first-order valence-electron chi connectivity index (χ1n) is 4.78. The van der Waals surface area contributed by atoms with Gasteiger partial charge in [-0.1, -0.05) is 12.0 Å². The molecule has 5 heteroatoms. The minimum absolute atomic E-state index is 0.0631. The van der Waals surface area contributed by atoms with E-state index in [9.17, 15) is 14.7 Å². The number of aliphatic carboxylic acids is 1. The summed E-state index contributed by atoms with van der Waals surface area (Å²) in [5, 5.41) is 17.9. The van der Waals surface area contributed by atoms with Crippen molar-refractivity contribution in [3.8, 4) is 18.1 Å². The normalized spacial score (nSPS) is 9.35. The fraction of sp³-hybridized carbons (Fsp3) is 0.167. The first-order chi connectivity index (χ1) is 8.04. The lowest BCUT2D eigenvalue weighted by atomic mass is 10.2. The lowest BCUT2D eigenvalue weighted by Crippen LogP contribution is -2.35. The van der Waals surface area contributed by atoms with Gasteiger partial charge in [0, 0.05) is 5.56 Å². The van der Waals surface area contributed by atoms with Crippen LogP contribution in [0.4, 0.5) is 0 Å². The number of rotatable bonds is 4. The Morgan fingerprint density at radius 3 is 2.65 bits per heavy atom. The maximum atomic E-state index is 11.9. The van der Waals surface area contributed by atoms with Crippen LogP contribution in [-0.2, 0) is 4.79 Å². The van der Waals surface area contributed by atoms with Crippen molar-refractivity contribution in [2.75, 3.05) is 13.1 Å². The predicted octanol–water partition coefficient (Wildman–Crippen LogP) is 0.552. The molecule has 1 aromatic rings. The van der Waals surface area contributed by atoms with Crippen molar-refractivity contribution >= 4 is 11.9 Å².